The molecule has 0 atom stereocenters. The van der Waals surface area contributed by atoms with Crippen LogP contribution in [0.2, 0.25) is 0 Å². The zero-order valence-electron chi connectivity index (χ0n) is 14.2. The van der Waals surface area contributed by atoms with Crippen LogP contribution in [0.4, 0.5) is 19.3 Å². The summed E-state index contributed by atoms with van der Waals surface area (Å²) in [6, 6.07) is 8.16. The Labute approximate surface area is 145 Å². The molecule has 2 amide bonds. The van der Waals surface area contributed by atoms with E-state index < -0.39 is 13.0 Å². The van der Waals surface area contributed by atoms with Crippen molar-refractivity contribution in [1.82, 2.24) is 14.7 Å². The summed E-state index contributed by atoms with van der Waals surface area (Å²) >= 11 is 0. The Hall–Kier alpha value is -2.44. The number of likely N-dealkylation sites (tertiary alicyclic amines) is 1. The largest absolute Gasteiger partial charge is 0.324 e. The number of nitrogens with one attached hydrogen (secondary N) is 1. The number of urea groups is 1. The molecule has 1 aromatic carbocycles. The predicted octanol–water partition coefficient (Wildman–Crippen LogP) is 3.87. The van der Waals surface area contributed by atoms with E-state index in [0.29, 0.717) is 24.7 Å². The van der Waals surface area contributed by atoms with Crippen molar-refractivity contribution in [2.24, 2.45) is 0 Å². The van der Waals surface area contributed by atoms with Crippen molar-refractivity contribution in [2.45, 2.75) is 38.7 Å². The molecule has 2 aromatic rings. The number of anilines is 1. The second kappa shape index (κ2) is 7.63. The molecule has 0 radical (unpaired) electrons. The van der Waals surface area contributed by atoms with E-state index in [-0.39, 0.29) is 6.03 Å². The van der Waals surface area contributed by atoms with Crippen molar-refractivity contribution < 1.29 is 13.6 Å². The first kappa shape index (κ1) is 17.4. The molecule has 1 aliphatic heterocycles. The zero-order valence-corrected chi connectivity index (χ0v) is 14.2. The number of hydrogen-bond donors (Lipinski definition) is 1. The van der Waals surface area contributed by atoms with Gasteiger partial charge < -0.3 is 10.2 Å². The molecule has 0 unspecified atom stereocenters. The number of carbonyl (C=O) groups is 1. The third-order valence-electron chi connectivity index (χ3n) is 4.62. The number of aryl methyl sites for hydroxylation is 1. The zero-order chi connectivity index (χ0) is 17.8. The highest BCUT2D eigenvalue weighted by molar-refractivity contribution is 5.89. The minimum atomic E-state index is -2.47. The second-order valence-corrected chi connectivity index (χ2v) is 6.39. The number of nitrogens with zero attached hydrogens (tertiary/aromatic N) is 3. The molecule has 25 heavy (non-hydrogen) atoms. The summed E-state index contributed by atoms with van der Waals surface area (Å²) in [5.74, 6) is 0.471. The van der Waals surface area contributed by atoms with Gasteiger partial charge in [0.05, 0.1) is 11.9 Å². The fraction of sp³-hybridized carbons (Fsp3) is 0.444. The smallest absolute Gasteiger partial charge is 0.321 e. The number of amides is 2. The average Bonchev–Trinajstić information content (AvgIpc) is 3.01. The van der Waals surface area contributed by atoms with Gasteiger partial charge in [0, 0.05) is 19.3 Å². The minimum absolute atomic E-state index is 0.208. The number of piperidine rings is 1. The molecule has 0 bridgehead atoms. The van der Waals surface area contributed by atoms with Crippen LogP contribution in [0, 0.1) is 6.92 Å². The molecule has 1 aromatic heterocycles. The van der Waals surface area contributed by atoms with Crippen LogP contribution in [0.25, 0.3) is 0 Å². The molecule has 1 N–H and O–H groups in total. The average molecular weight is 348 g/mol. The third-order valence-corrected chi connectivity index (χ3v) is 4.62. The summed E-state index contributed by atoms with van der Waals surface area (Å²) in [5, 5.41) is 6.55. The summed E-state index contributed by atoms with van der Waals surface area (Å²) < 4.78 is 25.8. The second-order valence-electron chi connectivity index (χ2n) is 6.39. The lowest BCUT2D eigenvalue weighted by atomic mass is 9.87. The number of rotatable bonds is 4. The molecule has 1 fully saturated rings. The van der Waals surface area contributed by atoms with Crippen molar-refractivity contribution in [3.63, 3.8) is 0 Å². The van der Waals surface area contributed by atoms with E-state index in [4.69, 9.17) is 0 Å². The Bertz CT molecular complexity index is 723. The molecule has 0 saturated carbocycles. The van der Waals surface area contributed by atoms with Crippen molar-refractivity contribution in [2.75, 3.05) is 18.4 Å². The molecule has 2 heterocycles. The molecule has 1 aliphatic rings. The Balaban J connectivity index is 1.53. The van der Waals surface area contributed by atoms with Crippen molar-refractivity contribution in [3.8, 4) is 0 Å². The van der Waals surface area contributed by atoms with Gasteiger partial charge in [0.1, 0.15) is 6.54 Å². The van der Waals surface area contributed by atoms with E-state index in [2.05, 4.69) is 35.5 Å². The van der Waals surface area contributed by atoms with Gasteiger partial charge in [-0.2, -0.15) is 5.10 Å². The van der Waals surface area contributed by atoms with Crippen LogP contribution in [-0.2, 0) is 6.54 Å². The quantitative estimate of drug-likeness (QED) is 0.912. The van der Waals surface area contributed by atoms with Gasteiger partial charge in [0.25, 0.3) is 6.43 Å². The van der Waals surface area contributed by atoms with E-state index in [9.17, 15) is 13.6 Å². The number of benzene rings is 1. The summed E-state index contributed by atoms with van der Waals surface area (Å²) in [5.41, 5.74) is 3.08. The maximum atomic E-state index is 12.3. The number of aromatic nitrogens is 2. The van der Waals surface area contributed by atoms with Crippen LogP contribution >= 0.6 is 0 Å². The SMILES string of the molecule is Cc1ccccc1C1CCN(C(=O)Nc2cnn(CC(F)F)c2)CC1. The first-order valence-corrected chi connectivity index (χ1v) is 8.45. The van der Waals surface area contributed by atoms with Gasteiger partial charge in [-0.15, -0.1) is 0 Å². The highest BCUT2D eigenvalue weighted by Crippen LogP contribution is 2.30. The predicted molar refractivity (Wildman–Crippen MR) is 92.0 cm³/mol. The maximum absolute atomic E-state index is 12.3. The molecule has 134 valence electrons. The van der Waals surface area contributed by atoms with Crippen molar-refractivity contribution in [1.29, 1.82) is 0 Å². The Morgan fingerprint density at radius 1 is 1.32 bits per heavy atom. The fourth-order valence-corrected chi connectivity index (χ4v) is 3.31. The van der Waals surface area contributed by atoms with Crippen LogP contribution in [0.1, 0.15) is 29.9 Å². The molecule has 3 rings (SSSR count). The van der Waals surface area contributed by atoms with Crippen LogP contribution in [0.5, 0.6) is 0 Å². The Morgan fingerprint density at radius 2 is 2.04 bits per heavy atom. The monoisotopic (exact) mass is 348 g/mol. The molecule has 1 saturated heterocycles. The lowest BCUT2D eigenvalue weighted by Gasteiger charge is -2.32. The van der Waals surface area contributed by atoms with Gasteiger partial charge in [-0.25, -0.2) is 13.6 Å². The molecule has 7 heteroatoms. The van der Waals surface area contributed by atoms with E-state index in [0.717, 1.165) is 17.5 Å². The van der Waals surface area contributed by atoms with E-state index >= 15 is 0 Å². The van der Waals surface area contributed by atoms with E-state index in [1.165, 1.54) is 23.5 Å². The molecular formula is C18H22F2N4O. The summed E-state index contributed by atoms with van der Waals surface area (Å²) in [6.45, 7) is 3.00. The van der Waals surface area contributed by atoms with Gasteiger partial charge in [-0.05, 0) is 36.8 Å². The summed E-state index contributed by atoms with van der Waals surface area (Å²) in [7, 11) is 0. The van der Waals surface area contributed by atoms with Crippen LogP contribution < -0.4 is 5.32 Å². The van der Waals surface area contributed by atoms with E-state index in [1.54, 1.807) is 4.90 Å². The molecule has 5 nitrogen and oxygen atoms in total. The number of alkyl halides is 2. The lowest BCUT2D eigenvalue weighted by molar-refractivity contribution is 0.122. The maximum Gasteiger partial charge on any atom is 0.321 e. The normalized spacial score (nSPS) is 15.6. The van der Waals surface area contributed by atoms with Crippen LogP contribution in [0.3, 0.4) is 0 Å². The molecule has 0 spiro atoms. The fourth-order valence-electron chi connectivity index (χ4n) is 3.31. The molecule has 0 aliphatic carbocycles. The Kier molecular flexibility index (Phi) is 5.31. The lowest BCUT2D eigenvalue weighted by Crippen LogP contribution is -2.40. The van der Waals surface area contributed by atoms with Gasteiger partial charge in [0.15, 0.2) is 0 Å². The summed E-state index contributed by atoms with van der Waals surface area (Å²) in [4.78, 5) is 14.1. The van der Waals surface area contributed by atoms with Crippen LogP contribution in [-0.4, -0.2) is 40.2 Å². The number of halogens is 2. The topological polar surface area (TPSA) is 50.2 Å². The third kappa shape index (κ3) is 4.35. The summed E-state index contributed by atoms with van der Waals surface area (Å²) in [6.07, 6.45) is 2.18. The highest BCUT2D eigenvalue weighted by atomic mass is 19.3. The van der Waals surface area contributed by atoms with Crippen molar-refractivity contribution >= 4 is 11.7 Å². The minimum Gasteiger partial charge on any atom is -0.324 e. The van der Waals surface area contributed by atoms with E-state index in [1.807, 2.05) is 6.07 Å². The first-order chi connectivity index (χ1) is 12.0. The van der Waals surface area contributed by atoms with Gasteiger partial charge in [0.2, 0.25) is 0 Å². The molecular weight excluding hydrogens is 326 g/mol. The van der Waals surface area contributed by atoms with Crippen LogP contribution in [0.15, 0.2) is 36.7 Å². The van der Waals surface area contributed by atoms with Crippen molar-refractivity contribution in [3.05, 3.63) is 47.8 Å². The standard InChI is InChI=1S/C18H22F2N4O/c1-13-4-2-3-5-16(13)14-6-8-23(9-7-14)18(25)22-15-10-21-24(11-15)12-17(19)20/h2-5,10-11,14,17H,6-9,12H2,1H3,(H,22,25). The number of carbonyl (C=O) groups excluding carboxylic acids is 1. The highest BCUT2D eigenvalue weighted by Gasteiger charge is 2.24. The number of hydrogen-bond acceptors (Lipinski definition) is 2. The Morgan fingerprint density at radius 3 is 2.72 bits per heavy atom. The van der Waals surface area contributed by atoms with Gasteiger partial charge >= 0.3 is 6.03 Å². The first-order valence-electron chi connectivity index (χ1n) is 8.45. The van der Waals surface area contributed by atoms with Gasteiger partial charge in [-0.3, -0.25) is 4.68 Å². The van der Waals surface area contributed by atoms with Gasteiger partial charge in [-0.1, -0.05) is 24.3 Å².